The number of nitrogens with two attached hydrogens (primary N) is 1. The van der Waals surface area contributed by atoms with Gasteiger partial charge in [0.25, 0.3) is 0 Å². The molecule has 0 radical (unpaired) electrons. The van der Waals surface area contributed by atoms with Gasteiger partial charge in [0.15, 0.2) is 0 Å². The van der Waals surface area contributed by atoms with Crippen molar-refractivity contribution in [2.45, 2.75) is 32.4 Å². The van der Waals surface area contributed by atoms with E-state index in [0.29, 0.717) is 0 Å². The van der Waals surface area contributed by atoms with E-state index in [1.165, 1.54) is 4.88 Å². The predicted molar refractivity (Wildman–Crippen MR) is 64.7 cm³/mol. The molecule has 14 heavy (non-hydrogen) atoms. The Morgan fingerprint density at radius 1 is 1.57 bits per heavy atom. The smallest absolute Gasteiger partial charge is 0.0773 e. The van der Waals surface area contributed by atoms with Gasteiger partial charge >= 0.3 is 0 Å². The number of halogens is 1. The van der Waals surface area contributed by atoms with Gasteiger partial charge in [-0.05, 0) is 40.7 Å². The largest absolute Gasteiger partial charge is 0.377 e. The Hall–Kier alpha value is 0.100. The molecule has 0 saturated heterocycles. The SMILES string of the molecule is CCOC(CC)C(N)c1sccc1Br. The molecule has 0 saturated carbocycles. The molecule has 80 valence electrons. The van der Waals surface area contributed by atoms with Gasteiger partial charge in [0.2, 0.25) is 0 Å². The lowest BCUT2D eigenvalue weighted by Gasteiger charge is -2.21. The quantitative estimate of drug-likeness (QED) is 0.896. The van der Waals surface area contributed by atoms with Gasteiger partial charge in [0.05, 0.1) is 12.1 Å². The monoisotopic (exact) mass is 277 g/mol. The van der Waals surface area contributed by atoms with Crippen LogP contribution in [0.1, 0.15) is 31.2 Å². The van der Waals surface area contributed by atoms with Crippen LogP contribution in [0.3, 0.4) is 0 Å². The fourth-order valence-electron chi connectivity index (χ4n) is 1.40. The van der Waals surface area contributed by atoms with Crippen LogP contribution in [0.15, 0.2) is 15.9 Å². The van der Waals surface area contributed by atoms with E-state index in [9.17, 15) is 0 Å². The molecule has 0 aliphatic rings. The van der Waals surface area contributed by atoms with Gasteiger partial charge in [-0.25, -0.2) is 0 Å². The van der Waals surface area contributed by atoms with E-state index < -0.39 is 0 Å². The highest BCUT2D eigenvalue weighted by Crippen LogP contribution is 2.31. The number of ether oxygens (including phenoxy) is 1. The Labute approximate surface area is 97.6 Å². The third kappa shape index (κ3) is 2.79. The van der Waals surface area contributed by atoms with Crippen LogP contribution in [0.2, 0.25) is 0 Å². The molecule has 2 atom stereocenters. The molecule has 1 aromatic rings. The summed E-state index contributed by atoms with van der Waals surface area (Å²) in [6.07, 6.45) is 1.06. The molecule has 0 aliphatic heterocycles. The fourth-order valence-corrected chi connectivity index (χ4v) is 3.09. The summed E-state index contributed by atoms with van der Waals surface area (Å²) in [4.78, 5) is 1.17. The minimum atomic E-state index is -0.0191. The van der Waals surface area contributed by atoms with Crippen LogP contribution in [0.5, 0.6) is 0 Å². The first kappa shape index (κ1) is 12.2. The number of thiophene rings is 1. The van der Waals surface area contributed by atoms with Crippen LogP contribution < -0.4 is 5.73 Å². The summed E-state index contributed by atoms with van der Waals surface area (Å²) in [5, 5.41) is 2.04. The van der Waals surface area contributed by atoms with Crippen LogP contribution in [0.25, 0.3) is 0 Å². The van der Waals surface area contributed by atoms with Crippen LogP contribution in [-0.2, 0) is 4.74 Å². The molecule has 1 heterocycles. The summed E-state index contributed by atoms with van der Waals surface area (Å²) in [6, 6.07) is 2.01. The first-order valence-electron chi connectivity index (χ1n) is 4.80. The van der Waals surface area contributed by atoms with Crippen LogP contribution in [0.4, 0.5) is 0 Å². The summed E-state index contributed by atoms with van der Waals surface area (Å²) in [5.41, 5.74) is 6.14. The van der Waals surface area contributed by atoms with Crippen molar-refractivity contribution in [3.05, 3.63) is 20.8 Å². The average molecular weight is 278 g/mol. The van der Waals surface area contributed by atoms with E-state index in [4.69, 9.17) is 10.5 Å². The van der Waals surface area contributed by atoms with E-state index in [0.717, 1.165) is 17.5 Å². The highest BCUT2D eigenvalue weighted by molar-refractivity contribution is 9.10. The highest BCUT2D eigenvalue weighted by atomic mass is 79.9. The first-order chi connectivity index (χ1) is 6.70. The van der Waals surface area contributed by atoms with E-state index in [1.54, 1.807) is 11.3 Å². The molecule has 0 bridgehead atoms. The maximum atomic E-state index is 6.14. The summed E-state index contributed by atoms with van der Waals surface area (Å²) in [5.74, 6) is 0. The molecule has 0 amide bonds. The standard InChI is InChI=1S/C10H16BrNOS/c1-3-8(13-4-2)9(12)10-7(11)5-6-14-10/h5-6,8-9H,3-4,12H2,1-2H3. The van der Waals surface area contributed by atoms with Crippen LogP contribution in [-0.4, -0.2) is 12.7 Å². The minimum absolute atomic E-state index is 0.0191. The third-order valence-electron chi connectivity index (χ3n) is 2.13. The Morgan fingerprint density at radius 2 is 2.29 bits per heavy atom. The molecule has 0 spiro atoms. The molecule has 2 N–H and O–H groups in total. The molecule has 2 nitrogen and oxygen atoms in total. The normalized spacial score (nSPS) is 15.4. The zero-order valence-electron chi connectivity index (χ0n) is 8.50. The van der Waals surface area contributed by atoms with Crippen molar-refractivity contribution in [1.29, 1.82) is 0 Å². The second-order valence-corrected chi connectivity index (χ2v) is 4.86. The predicted octanol–water partition coefficient (Wildman–Crippen LogP) is 3.33. The first-order valence-corrected chi connectivity index (χ1v) is 6.48. The van der Waals surface area contributed by atoms with Gasteiger partial charge in [0, 0.05) is 16.0 Å². The molecular formula is C10H16BrNOS. The molecule has 2 unspecified atom stereocenters. The second kappa shape index (κ2) is 5.85. The van der Waals surface area contributed by atoms with Crippen molar-refractivity contribution in [3.8, 4) is 0 Å². The summed E-state index contributed by atoms with van der Waals surface area (Å²) in [6.45, 7) is 4.82. The topological polar surface area (TPSA) is 35.2 Å². The number of rotatable bonds is 5. The average Bonchev–Trinajstić information content (AvgIpc) is 2.59. The molecule has 1 aromatic heterocycles. The summed E-state index contributed by atoms with van der Waals surface area (Å²) >= 11 is 5.17. The van der Waals surface area contributed by atoms with Crippen LogP contribution in [0, 0.1) is 0 Å². The van der Waals surface area contributed by atoms with E-state index in [1.807, 2.05) is 18.4 Å². The molecule has 0 aromatic carbocycles. The van der Waals surface area contributed by atoms with Gasteiger partial charge in [-0.1, -0.05) is 6.92 Å². The Bertz CT molecular complexity index is 277. The van der Waals surface area contributed by atoms with Gasteiger partial charge in [-0.15, -0.1) is 11.3 Å². The zero-order valence-corrected chi connectivity index (χ0v) is 10.9. The highest BCUT2D eigenvalue weighted by Gasteiger charge is 2.20. The van der Waals surface area contributed by atoms with Crippen LogP contribution >= 0.6 is 27.3 Å². The van der Waals surface area contributed by atoms with Crippen molar-refractivity contribution in [1.82, 2.24) is 0 Å². The summed E-state index contributed by atoms with van der Waals surface area (Å²) < 4.78 is 6.68. The van der Waals surface area contributed by atoms with Gasteiger partial charge in [-0.3, -0.25) is 0 Å². The lowest BCUT2D eigenvalue weighted by atomic mass is 10.1. The maximum Gasteiger partial charge on any atom is 0.0773 e. The number of hydrogen-bond donors (Lipinski definition) is 1. The van der Waals surface area contributed by atoms with Gasteiger partial charge in [0.1, 0.15) is 0 Å². The maximum absolute atomic E-state index is 6.14. The Kier molecular flexibility index (Phi) is 5.09. The molecule has 0 fully saturated rings. The Morgan fingerprint density at radius 3 is 2.71 bits per heavy atom. The van der Waals surface area contributed by atoms with E-state index in [2.05, 4.69) is 22.9 Å². The van der Waals surface area contributed by atoms with Crippen molar-refractivity contribution in [2.75, 3.05) is 6.61 Å². The van der Waals surface area contributed by atoms with Crippen molar-refractivity contribution in [2.24, 2.45) is 5.73 Å². The minimum Gasteiger partial charge on any atom is -0.377 e. The van der Waals surface area contributed by atoms with Gasteiger partial charge in [-0.2, -0.15) is 0 Å². The lowest BCUT2D eigenvalue weighted by molar-refractivity contribution is 0.0420. The second-order valence-electron chi connectivity index (χ2n) is 3.06. The molecule has 4 heteroatoms. The van der Waals surface area contributed by atoms with E-state index in [-0.39, 0.29) is 12.1 Å². The summed E-state index contributed by atoms with van der Waals surface area (Å²) in [7, 11) is 0. The van der Waals surface area contributed by atoms with E-state index >= 15 is 0 Å². The Balaban J connectivity index is 2.72. The van der Waals surface area contributed by atoms with Crippen molar-refractivity contribution >= 4 is 27.3 Å². The third-order valence-corrected chi connectivity index (χ3v) is 4.10. The molecule has 1 rings (SSSR count). The van der Waals surface area contributed by atoms with Gasteiger partial charge < -0.3 is 10.5 Å². The molecule has 0 aliphatic carbocycles. The zero-order chi connectivity index (χ0) is 10.6. The van der Waals surface area contributed by atoms with Crippen molar-refractivity contribution < 1.29 is 4.74 Å². The number of hydrogen-bond acceptors (Lipinski definition) is 3. The van der Waals surface area contributed by atoms with Crippen molar-refractivity contribution in [3.63, 3.8) is 0 Å². The molecular weight excluding hydrogens is 262 g/mol. The fraction of sp³-hybridized carbons (Fsp3) is 0.600. The lowest BCUT2D eigenvalue weighted by Crippen LogP contribution is -2.28.